The lowest BCUT2D eigenvalue weighted by Gasteiger charge is -2.32. The summed E-state index contributed by atoms with van der Waals surface area (Å²) in [5, 5.41) is 5.96. The van der Waals surface area contributed by atoms with E-state index < -0.39 is 19.9 Å². The molecule has 1 aliphatic rings. The largest absolute Gasteiger partial charge is 0.382 e. The highest BCUT2D eigenvalue weighted by molar-refractivity contribution is 7.91. The van der Waals surface area contributed by atoms with Crippen LogP contribution in [0.1, 0.15) is 12.8 Å². The maximum absolute atomic E-state index is 12.9. The van der Waals surface area contributed by atoms with E-state index in [1.165, 1.54) is 20.2 Å². The van der Waals surface area contributed by atoms with Crippen LogP contribution < -0.4 is 10.9 Å². The van der Waals surface area contributed by atoms with Crippen molar-refractivity contribution in [2.24, 2.45) is 7.05 Å². The average Bonchev–Trinajstić information content (AvgIpc) is 3.55. The SMILES string of the molecule is Cn1cc(-c2cc(S(C)(=O)=O)ccc2NC2CCN(S(=O)(=O)c3cccs3)CC2)c2cc[nH]c2c1=O. The summed E-state index contributed by atoms with van der Waals surface area (Å²) in [6.07, 6.45) is 5.76. The molecule has 12 heteroatoms. The molecular weight excluding hydrogens is 520 g/mol. The molecule has 0 bridgehead atoms. The minimum atomic E-state index is -3.49. The summed E-state index contributed by atoms with van der Waals surface area (Å²) in [5.74, 6) is 0. The summed E-state index contributed by atoms with van der Waals surface area (Å²) in [6.45, 7) is 0.771. The first-order valence-corrected chi connectivity index (χ1v) is 15.6. The van der Waals surface area contributed by atoms with Crippen molar-refractivity contribution in [1.82, 2.24) is 13.9 Å². The van der Waals surface area contributed by atoms with Crippen LogP contribution in [0.25, 0.3) is 22.0 Å². The fourth-order valence-corrected chi connectivity index (χ4v) is 7.85. The first-order chi connectivity index (χ1) is 17.1. The lowest BCUT2D eigenvalue weighted by atomic mass is 10.00. The number of thiophene rings is 1. The lowest BCUT2D eigenvalue weighted by Crippen LogP contribution is -2.42. The molecule has 1 aliphatic heterocycles. The van der Waals surface area contributed by atoms with Gasteiger partial charge in [-0.2, -0.15) is 4.31 Å². The summed E-state index contributed by atoms with van der Waals surface area (Å²) in [4.78, 5) is 15.7. The topological polar surface area (TPSA) is 121 Å². The second-order valence-corrected chi connectivity index (χ2v) is 14.1. The van der Waals surface area contributed by atoms with E-state index in [9.17, 15) is 21.6 Å². The van der Waals surface area contributed by atoms with Crippen LogP contribution in [0.3, 0.4) is 0 Å². The number of fused-ring (bicyclic) bond motifs is 1. The number of anilines is 1. The van der Waals surface area contributed by atoms with Gasteiger partial charge in [0.25, 0.3) is 15.6 Å². The molecule has 0 amide bonds. The van der Waals surface area contributed by atoms with Crippen molar-refractivity contribution in [2.75, 3.05) is 24.7 Å². The number of nitrogens with one attached hydrogen (secondary N) is 2. The van der Waals surface area contributed by atoms with Crippen LogP contribution in [-0.4, -0.2) is 56.1 Å². The molecule has 5 rings (SSSR count). The number of sulfonamides is 1. The smallest absolute Gasteiger partial charge is 0.274 e. The third-order valence-electron chi connectivity index (χ3n) is 6.51. The number of piperidine rings is 1. The molecule has 0 aliphatic carbocycles. The van der Waals surface area contributed by atoms with E-state index in [1.807, 2.05) is 0 Å². The Morgan fingerprint density at radius 2 is 1.81 bits per heavy atom. The Bertz CT molecular complexity index is 1700. The number of benzene rings is 1. The minimum Gasteiger partial charge on any atom is -0.382 e. The second kappa shape index (κ2) is 9.18. The molecular formula is C24H26N4O5S3. The molecule has 4 aromatic rings. The van der Waals surface area contributed by atoms with Crippen LogP contribution in [0, 0.1) is 0 Å². The molecule has 36 heavy (non-hydrogen) atoms. The van der Waals surface area contributed by atoms with Gasteiger partial charge >= 0.3 is 0 Å². The van der Waals surface area contributed by atoms with Crippen LogP contribution in [0.15, 0.2) is 68.1 Å². The molecule has 1 aromatic carbocycles. The number of nitrogens with zero attached hydrogens (tertiary/aromatic N) is 2. The molecule has 9 nitrogen and oxygen atoms in total. The highest BCUT2D eigenvalue weighted by atomic mass is 32.2. The van der Waals surface area contributed by atoms with Gasteiger partial charge in [-0.05, 0) is 48.6 Å². The molecule has 0 spiro atoms. The van der Waals surface area contributed by atoms with E-state index >= 15 is 0 Å². The van der Waals surface area contributed by atoms with Gasteiger partial charge in [0.2, 0.25) is 0 Å². The molecule has 2 N–H and O–H groups in total. The zero-order valence-electron chi connectivity index (χ0n) is 19.8. The van der Waals surface area contributed by atoms with Gasteiger partial charge in [0.05, 0.1) is 4.90 Å². The van der Waals surface area contributed by atoms with Crippen molar-refractivity contribution >= 4 is 47.8 Å². The van der Waals surface area contributed by atoms with Gasteiger partial charge in [-0.3, -0.25) is 4.79 Å². The first-order valence-electron chi connectivity index (χ1n) is 11.4. The van der Waals surface area contributed by atoms with Crippen molar-refractivity contribution < 1.29 is 16.8 Å². The Morgan fingerprint density at radius 1 is 1.06 bits per heavy atom. The third kappa shape index (κ3) is 4.49. The Labute approximate surface area is 213 Å². The summed E-state index contributed by atoms with van der Waals surface area (Å²) in [5.41, 5.74) is 2.37. The molecule has 1 saturated heterocycles. The normalized spacial score (nSPS) is 15.9. The number of rotatable bonds is 6. The van der Waals surface area contributed by atoms with Gasteiger partial charge in [-0.25, -0.2) is 16.8 Å². The number of aryl methyl sites for hydroxylation is 1. The molecule has 0 radical (unpaired) electrons. The maximum atomic E-state index is 12.9. The molecule has 0 unspecified atom stereocenters. The number of pyridine rings is 1. The molecule has 3 aromatic heterocycles. The van der Waals surface area contributed by atoms with Crippen LogP contribution in [0.2, 0.25) is 0 Å². The molecule has 4 heterocycles. The summed E-state index contributed by atoms with van der Waals surface area (Å²) >= 11 is 1.21. The quantitative estimate of drug-likeness (QED) is 0.383. The van der Waals surface area contributed by atoms with Crippen LogP contribution in [-0.2, 0) is 26.9 Å². The molecule has 0 atom stereocenters. The van der Waals surface area contributed by atoms with Gasteiger partial charge in [0.1, 0.15) is 9.73 Å². The zero-order valence-corrected chi connectivity index (χ0v) is 22.2. The predicted molar refractivity (Wildman–Crippen MR) is 142 cm³/mol. The van der Waals surface area contributed by atoms with Gasteiger partial charge < -0.3 is 14.9 Å². The Balaban J connectivity index is 1.48. The number of hydrogen-bond acceptors (Lipinski definition) is 7. The number of sulfone groups is 1. The van der Waals surface area contributed by atoms with E-state index in [4.69, 9.17) is 0 Å². The summed E-state index contributed by atoms with van der Waals surface area (Å²) in [7, 11) is -5.30. The second-order valence-electron chi connectivity index (χ2n) is 8.96. The van der Waals surface area contributed by atoms with E-state index in [0.29, 0.717) is 46.6 Å². The van der Waals surface area contributed by atoms with E-state index in [2.05, 4.69) is 10.3 Å². The molecule has 1 fully saturated rings. The Kier molecular flexibility index (Phi) is 6.31. The number of H-pyrrole nitrogens is 1. The summed E-state index contributed by atoms with van der Waals surface area (Å²) in [6, 6.07) is 10.1. The number of aromatic nitrogens is 2. The van der Waals surface area contributed by atoms with Crippen LogP contribution >= 0.6 is 11.3 Å². The monoisotopic (exact) mass is 546 g/mol. The predicted octanol–water partition coefficient (Wildman–Crippen LogP) is 3.26. The average molecular weight is 547 g/mol. The zero-order chi connectivity index (χ0) is 25.7. The fraction of sp³-hybridized carbons (Fsp3) is 0.292. The third-order valence-corrected chi connectivity index (χ3v) is 10.9. The Hall–Kier alpha value is -2.93. The highest BCUT2D eigenvalue weighted by Crippen LogP contribution is 2.36. The number of aromatic amines is 1. The van der Waals surface area contributed by atoms with Gasteiger partial charge in [0.15, 0.2) is 9.84 Å². The van der Waals surface area contributed by atoms with E-state index in [0.717, 1.165) is 17.5 Å². The van der Waals surface area contributed by atoms with Crippen LogP contribution in [0.4, 0.5) is 5.69 Å². The molecule has 190 valence electrons. The van der Waals surface area contributed by atoms with Gasteiger partial charge in [-0.1, -0.05) is 6.07 Å². The summed E-state index contributed by atoms with van der Waals surface area (Å²) < 4.78 is 53.7. The van der Waals surface area contributed by atoms with E-state index in [1.54, 1.807) is 61.2 Å². The lowest BCUT2D eigenvalue weighted by molar-refractivity contribution is 0.330. The van der Waals surface area contributed by atoms with E-state index in [-0.39, 0.29) is 16.5 Å². The van der Waals surface area contributed by atoms with Crippen molar-refractivity contribution in [3.8, 4) is 11.1 Å². The van der Waals surface area contributed by atoms with Crippen molar-refractivity contribution in [3.63, 3.8) is 0 Å². The maximum Gasteiger partial charge on any atom is 0.274 e. The minimum absolute atomic E-state index is 0.00290. The van der Waals surface area contributed by atoms with Crippen molar-refractivity contribution in [1.29, 1.82) is 0 Å². The standard InChI is InChI=1S/C24H26N4O5S3/c1-27-15-20(18-7-10-25-23(18)24(27)29)19-14-17(35(2,30)31)5-6-21(19)26-16-8-11-28(12-9-16)36(32,33)22-4-3-13-34-22/h3-7,10,13-16,25-26H,8-9,11-12H2,1-2H3. The number of hydrogen-bond donors (Lipinski definition) is 2. The van der Waals surface area contributed by atoms with Crippen LogP contribution in [0.5, 0.6) is 0 Å². The van der Waals surface area contributed by atoms with Crippen molar-refractivity contribution in [2.45, 2.75) is 28.0 Å². The van der Waals surface area contributed by atoms with Crippen molar-refractivity contribution in [3.05, 3.63) is 64.5 Å². The van der Waals surface area contributed by atoms with Gasteiger partial charge in [0, 0.05) is 67.0 Å². The Morgan fingerprint density at radius 3 is 2.47 bits per heavy atom. The highest BCUT2D eigenvalue weighted by Gasteiger charge is 2.30. The first kappa shape index (κ1) is 24.8. The van der Waals surface area contributed by atoms with Gasteiger partial charge in [-0.15, -0.1) is 11.3 Å². The molecule has 0 saturated carbocycles. The fourth-order valence-electron chi connectivity index (χ4n) is 4.58.